The lowest BCUT2D eigenvalue weighted by Crippen LogP contribution is -2.32. The van der Waals surface area contributed by atoms with Gasteiger partial charge in [0.15, 0.2) is 0 Å². The van der Waals surface area contributed by atoms with Crippen molar-refractivity contribution in [3.8, 4) is 0 Å². The number of nitrogens with one attached hydrogen (secondary N) is 1. The molecule has 0 bridgehead atoms. The Kier molecular flexibility index (Phi) is 2.94. The highest BCUT2D eigenvalue weighted by Crippen LogP contribution is 2.36. The first kappa shape index (κ1) is 10.8. The smallest absolute Gasteiger partial charge is 0.130 e. The maximum Gasteiger partial charge on any atom is 0.130 e. The molecule has 1 fully saturated rings. The molecule has 0 aliphatic heterocycles. The van der Waals surface area contributed by atoms with Crippen LogP contribution < -0.4 is 5.32 Å². The fraction of sp³-hybridized carbons (Fsp3) is 0.455. The van der Waals surface area contributed by atoms with E-state index in [1.165, 1.54) is 18.2 Å². The van der Waals surface area contributed by atoms with Crippen molar-refractivity contribution < 1.29 is 8.78 Å². The predicted molar refractivity (Wildman–Crippen MR) is 55.9 cm³/mol. The summed E-state index contributed by atoms with van der Waals surface area (Å²) in [6.07, 6.45) is 1.96. The highest BCUT2D eigenvalue weighted by atomic mass is 35.5. The Morgan fingerprint density at radius 1 is 1.27 bits per heavy atom. The summed E-state index contributed by atoms with van der Waals surface area (Å²) < 4.78 is 26.5. The zero-order valence-electron chi connectivity index (χ0n) is 8.19. The summed E-state index contributed by atoms with van der Waals surface area (Å²) in [6.45, 7) is 0.200. The zero-order valence-corrected chi connectivity index (χ0v) is 8.95. The van der Waals surface area contributed by atoms with Crippen LogP contribution in [0.2, 0.25) is 0 Å². The van der Waals surface area contributed by atoms with Crippen molar-refractivity contribution in [1.29, 1.82) is 0 Å². The SMILES string of the molecule is Fc1cccc(F)c1CNC1(CCl)CC1. The van der Waals surface area contributed by atoms with Crippen molar-refractivity contribution in [2.75, 3.05) is 5.88 Å². The number of hydrogen-bond donors (Lipinski definition) is 1. The molecule has 4 heteroatoms. The number of halogens is 3. The second-order valence-corrected chi connectivity index (χ2v) is 4.23. The fourth-order valence-corrected chi connectivity index (χ4v) is 1.85. The molecule has 0 radical (unpaired) electrons. The molecule has 1 aliphatic carbocycles. The third-order valence-corrected chi connectivity index (χ3v) is 3.32. The third-order valence-electron chi connectivity index (χ3n) is 2.81. The normalized spacial score (nSPS) is 17.8. The van der Waals surface area contributed by atoms with Gasteiger partial charge in [0.2, 0.25) is 0 Å². The summed E-state index contributed by atoms with van der Waals surface area (Å²) in [4.78, 5) is 0. The van der Waals surface area contributed by atoms with Gasteiger partial charge in [-0.05, 0) is 25.0 Å². The monoisotopic (exact) mass is 231 g/mol. The lowest BCUT2D eigenvalue weighted by Gasteiger charge is -2.14. The second kappa shape index (κ2) is 4.06. The Morgan fingerprint density at radius 3 is 2.33 bits per heavy atom. The van der Waals surface area contributed by atoms with Gasteiger partial charge in [0.05, 0.1) is 0 Å². The molecule has 1 nitrogen and oxygen atoms in total. The molecule has 1 aliphatic rings. The number of alkyl halides is 1. The summed E-state index contributed by atoms with van der Waals surface area (Å²) in [5.41, 5.74) is 0.00454. The van der Waals surface area contributed by atoms with Crippen LogP contribution >= 0.6 is 11.6 Å². The van der Waals surface area contributed by atoms with Crippen LogP contribution in [0, 0.1) is 11.6 Å². The van der Waals surface area contributed by atoms with E-state index in [0.29, 0.717) is 5.88 Å². The maximum atomic E-state index is 13.2. The van der Waals surface area contributed by atoms with E-state index in [-0.39, 0.29) is 17.6 Å². The molecule has 15 heavy (non-hydrogen) atoms. The van der Waals surface area contributed by atoms with Crippen LogP contribution in [0.5, 0.6) is 0 Å². The molecule has 1 saturated carbocycles. The van der Waals surface area contributed by atoms with Gasteiger partial charge in [-0.15, -0.1) is 11.6 Å². The van der Waals surface area contributed by atoms with Crippen LogP contribution in [0.15, 0.2) is 18.2 Å². The topological polar surface area (TPSA) is 12.0 Å². The maximum absolute atomic E-state index is 13.2. The van der Waals surface area contributed by atoms with E-state index in [0.717, 1.165) is 12.8 Å². The van der Waals surface area contributed by atoms with Gasteiger partial charge in [-0.2, -0.15) is 0 Å². The summed E-state index contributed by atoms with van der Waals surface area (Å²) in [6, 6.07) is 3.89. The lowest BCUT2D eigenvalue weighted by molar-refractivity contribution is 0.495. The molecule has 0 saturated heterocycles. The molecule has 0 atom stereocenters. The first-order valence-electron chi connectivity index (χ1n) is 4.91. The molecule has 0 aromatic heterocycles. The van der Waals surface area contributed by atoms with E-state index >= 15 is 0 Å². The van der Waals surface area contributed by atoms with Gasteiger partial charge in [0.25, 0.3) is 0 Å². The van der Waals surface area contributed by atoms with E-state index < -0.39 is 11.6 Å². The Hall–Kier alpha value is -0.670. The summed E-state index contributed by atoms with van der Waals surface area (Å²) >= 11 is 5.75. The van der Waals surface area contributed by atoms with Gasteiger partial charge in [-0.1, -0.05) is 6.07 Å². The molecule has 1 aromatic rings. The van der Waals surface area contributed by atoms with Crippen LogP contribution in [0.25, 0.3) is 0 Å². The van der Waals surface area contributed by atoms with Crippen LogP contribution in [0.4, 0.5) is 8.78 Å². The Bertz CT molecular complexity index is 343. The van der Waals surface area contributed by atoms with Crippen molar-refractivity contribution in [2.45, 2.75) is 24.9 Å². The highest BCUT2D eigenvalue weighted by Gasteiger charge is 2.41. The molecule has 0 unspecified atom stereocenters. The molecule has 2 rings (SSSR count). The summed E-state index contributed by atoms with van der Waals surface area (Å²) in [7, 11) is 0. The minimum absolute atomic E-state index is 0.0870. The summed E-state index contributed by atoms with van der Waals surface area (Å²) in [5, 5.41) is 3.11. The Balaban J connectivity index is 2.05. The highest BCUT2D eigenvalue weighted by molar-refractivity contribution is 6.18. The van der Waals surface area contributed by atoms with Crippen molar-refractivity contribution in [2.24, 2.45) is 0 Å². The molecule has 0 heterocycles. The van der Waals surface area contributed by atoms with E-state index in [1.54, 1.807) is 0 Å². The first-order valence-corrected chi connectivity index (χ1v) is 5.44. The predicted octanol–water partition coefficient (Wildman–Crippen LogP) is 2.83. The zero-order chi connectivity index (χ0) is 10.9. The average molecular weight is 232 g/mol. The van der Waals surface area contributed by atoms with Crippen molar-refractivity contribution in [3.63, 3.8) is 0 Å². The minimum atomic E-state index is -0.507. The molecular formula is C11H12ClF2N. The van der Waals surface area contributed by atoms with Gasteiger partial charge >= 0.3 is 0 Å². The average Bonchev–Trinajstić information content (AvgIpc) is 2.98. The van der Waals surface area contributed by atoms with Gasteiger partial charge in [0, 0.05) is 23.5 Å². The summed E-state index contributed by atoms with van der Waals surface area (Å²) in [5.74, 6) is -0.524. The van der Waals surface area contributed by atoms with Crippen molar-refractivity contribution >= 4 is 11.6 Å². The van der Waals surface area contributed by atoms with E-state index in [4.69, 9.17) is 11.6 Å². The van der Waals surface area contributed by atoms with Gasteiger partial charge in [-0.3, -0.25) is 0 Å². The molecule has 82 valence electrons. The molecule has 0 amide bonds. The lowest BCUT2D eigenvalue weighted by atomic mass is 10.2. The van der Waals surface area contributed by atoms with Gasteiger partial charge < -0.3 is 5.32 Å². The Labute approximate surface area is 92.4 Å². The minimum Gasteiger partial charge on any atom is -0.306 e. The van der Waals surface area contributed by atoms with Crippen LogP contribution in [-0.4, -0.2) is 11.4 Å². The molecule has 1 N–H and O–H groups in total. The van der Waals surface area contributed by atoms with E-state index in [2.05, 4.69) is 5.32 Å². The molecule has 0 spiro atoms. The second-order valence-electron chi connectivity index (χ2n) is 3.97. The van der Waals surface area contributed by atoms with Crippen LogP contribution in [0.1, 0.15) is 18.4 Å². The quantitative estimate of drug-likeness (QED) is 0.786. The van der Waals surface area contributed by atoms with Gasteiger partial charge in [0.1, 0.15) is 11.6 Å². The van der Waals surface area contributed by atoms with Crippen LogP contribution in [-0.2, 0) is 6.54 Å². The third kappa shape index (κ3) is 2.29. The number of rotatable bonds is 4. The van der Waals surface area contributed by atoms with Crippen LogP contribution in [0.3, 0.4) is 0 Å². The van der Waals surface area contributed by atoms with Gasteiger partial charge in [-0.25, -0.2) is 8.78 Å². The largest absolute Gasteiger partial charge is 0.306 e. The van der Waals surface area contributed by atoms with E-state index in [9.17, 15) is 8.78 Å². The van der Waals surface area contributed by atoms with E-state index in [1.807, 2.05) is 0 Å². The number of hydrogen-bond acceptors (Lipinski definition) is 1. The number of benzene rings is 1. The molecule has 1 aromatic carbocycles. The fourth-order valence-electron chi connectivity index (χ4n) is 1.49. The van der Waals surface area contributed by atoms with Crippen molar-refractivity contribution in [1.82, 2.24) is 5.32 Å². The first-order chi connectivity index (χ1) is 7.17. The van der Waals surface area contributed by atoms with Crippen molar-refractivity contribution in [3.05, 3.63) is 35.4 Å². The molecular weight excluding hydrogens is 220 g/mol. The Morgan fingerprint density at radius 2 is 1.87 bits per heavy atom. The standard InChI is InChI=1S/C11H12ClF2N/c12-7-11(4-5-11)15-6-8-9(13)2-1-3-10(8)14/h1-3,15H,4-7H2.